The van der Waals surface area contributed by atoms with Crippen LogP contribution in [0.15, 0.2) is 46.4 Å². The number of carbonyl (C=O) groups excluding carboxylic acids is 1. The maximum absolute atomic E-state index is 12.9. The molecule has 0 N–H and O–H groups in total. The predicted octanol–water partition coefficient (Wildman–Crippen LogP) is 5.54. The number of hydrogen-bond donors (Lipinski definition) is 0. The Bertz CT molecular complexity index is 878. The topological polar surface area (TPSA) is 51.3 Å². The molecule has 148 valence electrons. The van der Waals surface area contributed by atoms with Crippen molar-refractivity contribution in [2.75, 3.05) is 0 Å². The fourth-order valence-electron chi connectivity index (χ4n) is 2.87. The van der Waals surface area contributed by atoms with E-state index in [2.05, 4.69) is 12.0 Å². The molecular weight excluding hydrogens is 394 g/mol. The lowest BCUT2D eigenvalue weighted by Gasteiger charge is -2.19. The standard InChI is InChI=1S/C21H24ClN3O2S/c1-3-4-11-25-21(22)19(16(2)23-25)9-10-20(26)24(14-17-7-5-12-27-17)15-18-8-6-13-28-18/h5-10,12-13H,3-4,11,14-15H2,1-2H3/b10-9+. The third-order valence-corrected chi connectivity index (χ3v) is 5.65. The van der Waals surface area contributed by atoms with Gasteiger partial charge in [0.05, 0.1) is 25.0 Å². The number of hydrogen-bond acceptors (Lipinski definition) is 4. The summed E-state index contributed by atoms with van der Waals surface area (Å²) in [6.45, 7) is 5.76. The molecule has 0 aliphatic carbocycles. The molecule has 7 heteroatoms. The molecular formula is C21H24ClN3O2S. The van der Waals surface area contributed by atoms with Crippen LogP contribution in [0.2, 0.25) is 5.15 Å². The number of nitrogens with zero attached hydrogens (tertiary/aromatic N) is 3. The number of unbranched alkanes of at least 4 members (excludes halogenated alkanes) is 1. The summed E-state index contributed by atoms with van der Waals surface area (Å²) >= 11 is 8.10. The second-order valence-electron chi connectivity index (χ2n) is 6.55. The van der Waals surface area contributed by atoms with Gasteiger partial charge in [-0.05, 0) is 43.0 Å². The van der Waals surface area contributed by atoms with Crippen LogP contribution in [0.25, 0.3) is 6.08 Å². The lowest BCUT2D eigenvalue weighted by Crippen LogP contribution is -2.28. The molecule has 0 spiro atoms. The zero-order chi connectivity index (χ0) is 19.9. The summed E-state index contributed by atoms with van der Waals surface area (Å²) in [5.74, 6) is 0.654. The van der Waals surface area contributed by atoms with Crippen LogP contribution in [0.5, 0.6) is 0 Å². The Labute approximate surface area is 174 Å². The number of aryl methyl sites for hydroxylation is 2. The van der Waals surface area contributed by atoms with Crippen molar-refractivity contribution in [1.82, 2.24) is 14.7 Å². The molecule has 0 unspecified atom stereocenters. The third-order valence-electron chi connectivity index (χ3n) is 4.39. The predicted molar refractivity (Wildman–Crippen MR) is 113 cm³/mol. The maximum atomic E-state index is 12.9. The molecule has 0 radical (unpaired) electrons. The van der Waals surface area contributed by atoms with Gasteiger partial charge in [-0.2, -0.15) is 5.10 Å². The largest absolute Gasteiger partial charge is 0.467 e. The van der Waals surface area contributed by atoms with Crippen molar-refractivity contribution in [3.05, 3.63) is 69.0 Å². The van der Waals surface area contributed by atoms with E-state index in [1.54, 1.807) is 39.3 Å². The van der Waals surface area contributed by atoms with Gasteiger partial charge in [-0.15, -0.1) is 11.3 Å². The quantitative estimate of drug-likeness (QED) is 0.429. The van der Waals surface area contributed by atoms with Gasteiger partial charge in [-0.1, -0.05) is 31.0 Å². The van der Waals surface area contributed by atoms with Crippen molar-refractivity contribution in [2.24, 2.45) is 0 Å². The van der Waals surface area contributed by atoms with Gasteiger partial charge in [0.15, 0.2) is 0 Å². The van der Waals surface area contributed by atoms with Gasteiger partial charge in [0.1, 0.15) is 10.9 Å². The maximum Gasteiger partial charge on any atom is 0.247 e. The monoisotopic (exact) mass is 417 g/mol. The molecule has 3 aromatic rings. The molecule has 0 aromatic carbocycles. The summed E-state index contributed by atoms with van der Waals surface area (Å²) in [7, 11) is 0. The third kappa shape index (κ3) is 5.14. The van der Waals surface area contributed by atoms with E-state index in [0.29, 0.717) is 18.2 Å². The Kier molecular flexibility index (Phi) is 7.12. The van der Waals surface area contributed by atoms with Crippen molar-refractivity contribution in [1.29, 1.82) is 0 Å². The van der Waals surface area contributed by atoms with E-state index in [1.165, 1.54) is 0 Å². The smallest absolute Gasteiger partial charge is 0.247 e. The number of aromatic nitrogens is 2. The Hall–Kier alpha value is -2.31. The van der Waals surface area contributed by atoms with Gasteiger partial charge in [-0.25, -0.2) is 0 Å². The highest BCUT2D eigenvalue weighted by Crippen LogP contribution is 2.22. The fourth-order valence-corrected chi connectivity index (χ4v) is 3.91. The van der Waals surface area contributed by atoms with E-state index in [-0.39, 0.29) is 5.91 Å². The van der Waals surface area contributed by atoms with Crippen molar-refractivity contribution in [3.63, 3.8) is 0 Å². The summed E-state index contributed by atoms with van der Waals surface area (Å²) in [4.78, 5) is 15.8. The number of furan rings is 1. The normalized spacial score (nSPS) is 11.4. The number of rotatable bonds is 9. The second-order valence-corrected chi connectivity index (χ2v) is 7.94. The highest BCUT2D eigenvalue weighted by Gasteiger charge is 2.16. The first-order valence-electron chi connectivity index (χ1n) is 9.33. The number of amides is 1. The first kappa shape index (κ1) is 20.4. The Morgan fingerprint density at radius 1 is 1.36 bits per heavy atom. The molecule has 0 fully saturated rings. The van der Waals surface area contributed by atoms with E-state index in [0.717, 1.165) is 41.3 Å². The van der Waals surface area contributed by atoms with Crippen molar-refractivity contribution >= 4 is 34.9 Å². The van der Waals surface area contributed by atoms with Crippen LogP contribution in [-0.2, 0) is 24.4 Å². The van der Waals surface area contributed by atoms with E-state index >= 15 is 0 Å². The van der Waals surface area contributed by atoms with Crippen molar-refractivity contribution in [3.8, 4) is 0 Å². The lowest BCUT2D eigenvalue weighted by atomic mass is 10.2. The van der Waals surface area contributed by atoms with E-state index in [4.69, 9.17) is 16.0 Å². The SMILES string of the molecule is CCCCn1nc(C)c(/C=C/C(=O)N(Cc2ccco2)Cc2cccs2)c1Cl. The summed E-state index contributed by atoms with van der Waals surface area (Å²) in [6, 6.07) is 7.71. The number of carbonyl (C=O) groups is 1. The van der Waals surface area contributed by atoms with Gasteiger partial charge in [-0.3, -0.25) is 9.48 Å². The lowest BCUT2D eigenvalue weighted by molar-refractivity contribution is -0.127. The van der Waals surface area contributed by atoms with Gasteiger partial charge in [0.25, 0.3) is 0 Å². The van der Waals surface area contributed by atoms with Crippen LogP contribution < -0.4 is 0 Å². The second kappa shape index (κ2) is 9.75. The van der Waals surface area contributed by atoms with Crippen LogP contribution in [0, 0.1) is 6.92 Å². The minimum atomic E-state index is -0.0958. The highest BCUT2D eigenvalue weighted by molar-refractivity contribution is 7.09. The minimum absolute atomic E-state index is 0.0958. The van der Waals surface area contributed by atoms with Crippen LogP contribution in [-0.4, -0.2) is 20.6 Å². The molecule has 1 amide bonds. The molecule has 0 bridgehead atoms. The first-order chi connectivity index (χ1) is 13.6. The van der Waals surface area contributed by atoms with Gasteiger partial charge < -0.3 is 9.32 Å². The van der Waals surface area contributed by atoms with E-state index < -0.39 is 0 Å². The molecule has 0 aliphatic heterocycles. The van der Waals surface area contributed by atoms with E-state index in [1.807, 2.05) is 36.6 Å². The number of thiophene rings is 1. The molecule has 5 nitrogen and oxygen atoms in total. The molecule has 3 rings (SSSR count). The summed E-state index contributed by atoms with van der Waals surface area (Å²) in [6.07, 6.45) is 7.03. The molecule has 0 saturated heterocycles. The highest BCUT2D eigenvalue weighted by atomic mass is 35.5. The average molecular weight is 418 g/mol. The fraction of sp³-hybridized carbons (Fsp3) is 0.333. The molecule has 0 saturated carbocycles. The first-order valence-corrected chi connectivity index (χ1v) is 10.6. The van der Waals surface area contributed by atoms with Crippen LogP contribution >= 0.6 is 22.9 Å². The Morgan fingerprint density at radius 3 is 2.89 bits per heavy atom. The van der Waals surface area contributed by atoms with Crippen LogP contribution in [0.1, 0.15) is 41.7 Å². The number of halogens is 1. The Morgan fingerprint density at radius 2 is 2.21 bits per heavy atom. The minimum Gasteiger partial charge on any atom is -0.467 e. The summed E-state index contributed by atoms with van der Waals surface area (Å²) < 4.78 is 7.23. The van der Waals surface area contributed by atoms with Crippen LogP contribution in [0.3, 0.4) is 0 Å². The van der Waals surface area contributed by atoms with Gasteiger partial charge in [0, 0.05) is 23.1 Å². The molecule has 3 heterocycles. The molecule has 28 heavy (non-hydrogen) atoms. The Balaban J connectivity index is 1.76. The van der Waals surface area contributed by atoms with Crippen molar-refractivity contribution in [2.45, 2.75) is 46.3 Å². The zero-order valence-electron chi connectivity index (χ0n) is 16.1. The van der Waals surface area contributed by atoms with E-state index in [9.17, 15) is 4.79 Å². The zero-order valence-corrected chi connectivity index (χ0v) is 17.7. The summed E-state index contributed by atoms with van der Waals surface area (Å²) in [5.41, 5.74) is 1.61. The van der Waals surface area contributed by atoms with Gasteiger partial charge in [0.2, 0.25) is 5.91 Å². The van der Waals surface area contributed by atoms with Crippen LogP contribution in [0.4, 0.5) is 0 Å². The molecule has 0 aliphatic rings. The summed E-state index contributed by atoms with van der Waals surface area (Å²) in [5, 5.41) is 7.07. The molecule has 3 aromatic heterocycles. The van der Waals surface area contributed by atoms with Crippen molar-refractivity contribution < 1.29 is 9.21 Å². The average Bonchev–Trinajstić information content (AvgIpc) is 3.42. The van der Waals surface area contributed by atoms with Gasteiger partial charge >= 0.3 is 0 Å². The molecule has 0 atom stereocenters.